The van der Waals surface area contributed by atoms with Crippen LogP contribution in [0.15, 0.2) is 11.7 Å². The Bertz CT molecular complexity index is 419. The Kier molecular flexibility index (Phi) is 5.73. The van der Waals surface area contributed by atoms with Gasteiger partial charge in [-0.15, -0.1) is 0 Å². The minimum absolute atomic E-state index is 1.07. The normalized spacial score (nSPS) is 13.3. The van der Waals surface area contributed by atoms with Crippen LogP contribution in [0.2, 0.25) is 0 Å². The van der Waals surface area contributed by atoms with Crippen molar-refractivity contribution in [3.63, 3.8) is 0 Å². The summed E-state index contributed by atoms with van der Waals surface area (Å²) in [5.41, 5.74) is -2.24. The summed E-state index contributed by atoms with van der Waals surface area (Å²) in [5, 5.41) is 0. The molecule has 11 heteroatoms. The van der Waals surface area contributed by atoms with Crippen molar-refractivity contribution in [2.45, 2.75) is 44.4 Å². The first kappa shape index (κ1) is 19.6. The summed E-state index contributed by atoms with van der Waals surface area (Å²) in [6.07, 6.45) is -13.7. The van der Waals surface area contributed by atoms with Gasteiger partial charge in [0.2, 0.25) is 0 Å². The fraction of sp³-hybridized carbons (Fsp3) is 0.700. The van der Waals surface area contributed by atoms with Crippen LogP contribution in [-0.2, 0) is 9.53 Å². The van der Waals surface area contributed by atoms with Crippen molar-refractivity contribution in [1.82, 2.24) is 0 Å². The van der Waals surface area contributed by atoms with E-state index >= 15 is 0 Å². The summed E-state index contributed by atoms with van der Waals surface area (Å²) in [6, 6.07) is 0. The van der Waals surface area contributed by atoms with Crippen molar-refractivity contribution in [3.8, 4) is 0 Å². The van der Waals surface area contributed by atoms with Gasteiger partial charge in [-0.1, -0.05) is 0 Å². The topological polar surface area (TPSA) is 26.3 Å². The number of esters is 1. The molecule has 0 rings (SSSR count). The van der Waals surface area contributed by atoms with Gasteiger partial charge in [-0.3, -0.25) is 0 Å². The molecular weight excluding hydrogens is 323 g/mol. The molecule has 21 heavy (non-hydrogen) atoms. The number of alkyl halides is 7. The van der Waals surface area contributed by atoms with Gasteiger partial charge >= 0.3 is 24.0 Å². The van der Waals surface area contributed by atoms with Crippen molar-refractivity contribution in [3.05, 3.63) is 11.7 Å². The lowest BCUT2D eigenvalue weighted by molar-refractivity contribution is -0.354. The van der Waals surface area contributed by atoms with Gasteiger partial charge in [-0.05, 0) is 13.8 Å². The SMILES string of the molecule is CC(C)OC(=O)C(CC(F)(F)C(F)(F)C(F)(F)F)=C(F)F. The molecule has 0 heterocycles. The first-order valence-corrected chi connectivity index (χ1v) is 5.21. The summed E-state index contributed by atoms with van der Waals surface area (Å²) in [4.78, 5) is 11.0. The zero-order chi connectivity index (χ0) is 17.2. The molecule has 2 nitrogen and oxygen atoms in total. The fourth-order valence-electron chi connectivity index (χ4n) is 1.04. The van der Waals surface area contributed by atoms with E-state index < -0.39 is 48.2 Å². The summed E-state index contributed by atoms with van der Waals surface area (Å²) in [7, 11) is 0. The third-order valence-corrected chi connectivity index (χ3v) is 2.03. The average molecular weight is 332 g/mol. The van der Waals surface area contributed by atoms with E-state index in [1.54, 1.807) is 0 Å². The van der Waals surface area contributed by atoms with E-state index in [0.29, 0.717) is 0 Å². The molecule has 0 bridgehead atoms. The number of rotatable bonds is 5. The molecule has 0 aliphatic rings. The zero-order valence-corrected chi connectivity index (χ0v) is 10.5. The molecule has 0 unspecified atom stereocenters. The van der Waals surface area contributed by atoms with Gasteiger partial charge in [-0.25, -0.2) is 4.79 Å². The summed E-state index contributed by atoms with van der Waals surface area (Å²) >= 11 is 0. The number of carbonyl (C=O) groups is 1. The molecular formula is C10H9F9O2. The second kappa shape index (κ2) is 6.14. The summed E-state index contributed by atoms with van der Waals surface area (Å²) in [5.74, 6) is -14.6. The highest BCUT2D eigenvalue weighted by Gasteiger charge is 2.73. The summed E-state index contributed by atoms with van der Waals surface area (Å²) in [6.45, 7) is 2.27. The Hall–Kier alpha value is -1.42. The first-order chi connectivity index (χ1) is 9.13. The first-order valence-electron chi connectivity index (χ1n) is 5.21. The average Bonchev–Trinajstić information content (AvgIpc) is 2.22. The standard InChI is InChI=1S/C10H9F9O2/c1-4(2)21-7(20)5(6(11)12)3-8(13,14)9(15,16)10(17,18)19/h4H,3H2,1-2H3. The van der Waals surface area contributed by atoms with Crippen LogP contribution in [0.5, 0.6) is 0 Å². The minimum Gasteiger partial charge on any atom is -0.459 e. The number of carbonyl (C=O) groups excluding carboxylic acids is 1. The molecule has 0 radical (unpaired) electrons. The molecule has 0 aliphatic carbocycles. The van der Waals surface area contributed by atoms with Crippen LogP contribution >= 0.6 is 0 Å². The molecule has 0 N–H and O–H groups in total. The zero-order valence-electron chi connectivity index (χ0n) is 10.5. The predicted molar refractivity (Wildman–Crippen MR) is 51.0 cm³/mol. The number of hydrogen-bond acceptors (Lipinski definition) is 2. The van der Waals surface area contributed by atoms with Crippen molar-refractivity contribution in [2.75, 3.05) is 0 Å². The second-order valence-electron chi connectivity index (χ2n) is 4.15. The molecule has 124 valence electrons. The highest BCUT2D eigenvalue weighted by atomic mass is 19.4. The van der Waals surface area contributed by atoms with Gasteiger partial charge < -0.3 is 4.74 Å². The van der Waals surface area contributed by atoms with Gasteiger partial charge in [0.15, 0.2) is 0 Å². The third-order valence-electron chi connectivity index (χ3n) is 2.03. The van der Waals surface area contributed by atoms with Crippen molar-refractivity contribution < 1.29 is 49.0 Å². The molecule has 0 aliphatic heterocycles. The molecule has 0 amide bonds. The van der Waals surface area contributed by atoms with Gasteiger partial charge in [-0.2, -0.15) is 39.5 Å². The quantitative estimate of drug-likeness (QED) is 0.426. The Balaban J connectivity index is 5.48. The Labute approximate surface area is 112 Å². The Morgan fingerprint density at radius 2 is 1.43 bits per heavy atom. The molecule has 0 aromatic heterocycles. The minimum atomic E-state index is -6.67. The van der Waals surface area contributed by atoms with Crippen LogP contribution in [0.1, 0.15) is 20.3 Å². The van der Waals surface area contributed by atoms with Crippen LogP contribution in [0.3, 0.4) is 0 Å². The number of hydrogen-bond donors (Lipinski definition) is 0. The molecule has 0 aromatic rings. The number of ether oxygens (including phenoxy) is 1. The van der Waals surface area contributed by atoms with E-state index in [1.807, 2.05) is 0 Å². The molecule has 0 aromatic carbocycles. The molecule has 0 spiro atoms. The lowest BCUT2D eigenvalue weighted by atomic mass is 10.0. The monoisotopic (exact) mass is 332 g/mol. The van der Waals surface area contributed by atoms with Gasteiger partial charge in [0.05, 0.1) is 12.5 Å². The second-order valence-corrected chi connectivity index (χ2v) is 4.15. The molecule has 0 saturated carbocycles. The van der Waals surface area contributed by atoms with Crippen LogP contribution in [0.4, 0.5) is 39.5 Å². The van der Waals surface area contributed by atoms with Crippen LogP contribution < -0.4 is 0 Å². The Morgan fingerprint density at radius 1 is 1.00 bits per heavy atom. The van der Waals surface area contributed by atoms with E-state index in [0.717, 1.165) is 13.8 Å². The maximum absolute atomic E-state index is 13.0. The molecule has 0 atom stereocenters. The maximum atomic E-state index is 13.0. The third kappa shape index (κ3) is 4.53. The van der Waals surface area contributed by atoms with Gasteiger partial charge in [0.1, 0.15) is 5.57 Å². The van der Waals surface area contributed by atoms with E-state index in [-0.39, 0.29) is 0 Å². The number of halogens is 9. The van der Waals surface area contributed by atoms with Crippen LogP contribution in [0.25, 0.3) is 0 Å². The fourth-order valence-corrected chi connectivity index (χ4v) is 1.04. The predicted octanol–water partition coefficient (Wildman–Crippen LogP) is 4.31. The van der Waals surface area contributed by atoms with E-state index in [4.69, 9.17) is 0 Å². The smallest absolute Gasteiger partial charge is 0.459 e. The van der Waals surface area contributed by atoms with Crippen molar-refractivity contribution in [1.29, 1.82) is 0 Å². The lowest BCUT2D eigenvalue weighted by Crippen LogP contribution is -2.52. The van der Waals surface area contributed by atoms with Crippen molar-refractivity contribution >= 4 is 5.97 Å². The Morgan fingerprint density at radius 3 is 1.71 bits per heavy atom. The highest BCUT2D eigenvalue weighted by Crippen LogP contribution is 2.49. The molecule has 0 fully saturated rings. The summed E-state index contributed by atoms with van der Waals surface area (Å²) < 4.78 is 115. The largest absolute Gasteiger partial charge is 0.459 e. The maximum Gasteiger partial charge on any atom is 0.459 e. The lowest BCUT2D eigenvalue weighted by Gasteiger charge is -2.28. The van der Waals surface area contributed by atoms with E-state index in [9.17, 15) is 44.3 Å². The van der Waals surface area contributed by atoms with Gasteiger partial charge in [0.25, 0.3) is 6.08 Å². The van der Waals surface area contributed by atoms with E-state index in [1.165, 1.54) is 0 Å². The molecule has 0 saturated heterocycles. The van der Waals surface area contributed by atoms with Crippen molar-refractivity contribution in [2.24, 2.45) is 0 Å². The highest BCUT2D eigenvalue weighted by molar-refractivity contribution is 5.89. The van der Waals surface area contributed by atoms with Crippen LogP contribution in [0, 0.1) is 0 Å². The van der Waals surface area contributed by atoms with Gasteiger partial charge in [0, 0.05) is 0 Å². The van der Waals surface area contributed by atoms with Crippen LogP contribution in [-0.4, -0.2) is 30.1 Å². The van der Waals surface area contributed by atoms with E-state index in [2.05, 4.69) is 4.74 Å².